The van der Waals surface area contributed by atoms with Crippen LogP contribution in [0.25, 0.3) is 0 Å². The molecule has 3 rings (SSSR count). The van der Waals surface area contributed by atoms with Gasteiger partial charge in [0, 0.05) is 29.5 Å². The van der Waals surface area contributed by atoms with E-state index >= 15 is 0 Å². The number of hydrogen-bond donors (Lipinski definition) is 1. The van der Waals surface area contributed by atoms with Crippen LogP contribution in [0.5, 0.6) is 5.75 Å². The van der Waals surface area contributed by atoms with Crippen LogP contribution in [0, 0.1) is 13.8 Å². The maximum atomic E-state index is 13.5. The topological polar surface area (TPSA) is 58.6 Å². The van der Waals surface area contributed by atoms with Crippen molar-refractivity contribution in [1.29, 1.82) is 0 Å². The van der Waals surface area contributed by atoms with Gasteiger partial charge in [-0.2, -0.15) is 0 Å². The molecule has 0 radical (unpaired) electrons. The van der Waals surface area contributed by atoms with Gasteiger partial charge in [-0.25, -0.2) is 0 Å². The maximum Gasteiger partial charge on any atom is 0.261 e. The second kappa shape index (κ2) is 12.0. The van der Waals surface area contributed by atoms with Crippen LogP contribution in [0.2, 0.25) is 5.02 Å². The normalized spacial score (nSPS) is 11.6. The van der Waals surface area contributed by atoms with Crippen molar-refractivity contribution in [1.82, 2.24) is 10.2 Å². The first-order chi connectivity index (χ1) is 16.3. The fraction of sp³-hybridized carbons (Fsp3) is 0.259. The molecule has 0 bridgehead atoms. The molecule has 1 atom stereocenters. The minimum atomic E-state index is -0.729. The number of likely N-dealkylation sites (N-methyl/N-ethyl adjacent to an activating group) is 1. The highest BCUT2D eigenvalue weighted by atomic mass is 79.9. The lowest BCUT2D eigenvalue weighted by Crippen LogP contribution is -2.51. The van der Waals surface area contributed by atoms with Crippen LogP contribution in [0.3, 0.4) is 0 Å². The number of carbonyl (C=O) groups excluding carboxylic acids is 2. The van der Waals surface area contributed by atoms with Crippen molar-refractivity contribution in [3.05, 3.63) is 98.5 Å². The van der Waals surface area contributed by atoms with E-state index in [0.29, 0.717) is 17.2 Å². The number of benzene rings is 3. The number of halogens is 2. The zero-order chi connectivity index (χ0) is 24.7. The molecule has 0 unspecified atom stereocenters. The fourth-order valence-corrected chi connectivity index (χ4v) is 4.17. The molecular formula is C27H28BrClN2O3. The molecule has 1 N–H and O–H groups in total. The lowest BCUT2D eigenvalue weighted by atomic mass is 10.0. The SMILES string of the molecule is CNC(=O)[C@@H](Cc1ccccc1)N(Cc1ccccc1Cl)C(=O)COc1cc(C)c(Br)c(C)c1. The standard InChI is InChI=1S/C27H28BrClN2O3/c1-18-13-22(14-19(2)26(18)28)34-17-25(32)31(16-21-11-7-8-12-23(21)29)24(27(33)30-3)15-20-9-5-4-6-10-20/h4-14,24H,15-17H2,1-3H3,(H,30,33)/t24-/m1/s1. The van der Waals surface area contributed by atoms with Gasteiger partial charge >= 0.3 is 0 Å². The Bertz CT molecular complexity index is 1130. The van der Waals surface area contributed by atoms with Crippen molar-refractivity contribution in [3.8, 4) is 5.75 Å². The number of hydrogen-bond acceptors (Lipinski definition) is 3. The molecule has 0 aliphatic rings. The van der Waals surface area contributed by atoms with Crippen molar-refractivity contribution in [2.24, 2.45) is 0 Å². The smallest absolute Gasteiger partial charge is 0.261 e. The molecule has 0 saturated heterocycles. The molecule has 5 nitrogen and oxygen atoms in total. The summed E-state index contributed by atoms with van der Waals surface area (Å²) >= 11 is 9.95. The lowest BCUT2D eigenvalue weighted by molar-refractivity contribution is -0.142. The molecule has 34 heavy (non-hydrogen) atoms. The van der Waals surface area contributed by atoms with E-state index in [4.69, 9.17) is 16.3 Å². The van der Waals surface area contributed by atoms with E-state index in [1.807, 2.05) is 74.5 Å². The Kier molecular flexibility index (Phi) is 9.13. The van der Waals surface area contributed by atoms with Crippen LogP contribution < -0.4 is 10.1 Å². The largest absolute Gasteiger partial charge is 0.484 e. The average molecular weight is 544 g/mol. The number of nitrogens with one attached hydrogen (secondary N) is 1. The van der Waals surface area contributed by atoms with E-state index in [1.165, 1.54) is 0 Å². The molecule has 7 heteroatoms. The Balaban J connectivity index is 1.90. The minimum absolute atomic E-state index is 0.186. The Morgan fingerprint density at radius 3 is 2.26 bits per heavy atom. The van der Waals surface area contributed by atoms with Crippen molar-refractivity contribution < 1.29 is 14.3 Å². The first-order valence-corrected chi connectivity index (χ1v) is 12.1. The highest BCUT2D eigenvalue weighted by Gasteiger charge is 2.30. The Morgan fingerprint density at radius 1 is 1.03 bits per heavy atom. The second-order valence-corrected chi connectivity index (χ2v) is 9.29. The first-order valence-electron chi connectivity index (χ1n) is 11.0. The zero-order valence-electron chi connectivity index (χ0n) is 19.5. The molecule has 3 aromatic carbocycles. The highest BCUT2D eigenvalue weighted by molar-refractivity contribution is 9.10. The number of rotatable bonds is 9. The van der Waals surface area contributed by atoms with E-state index in [2.05, 4.69) is 21.2 Å². The minimum Gasteiger partial charge on any atom is -0.484 e. The summed E-state index contributed by atoms with van der Waals surface area (Å²) in [5, 5.41) is 3.24. The third-order valence-corrected chi connectivity index (χ3v) is 7.21. The van der Waals surface area contributed by atoms with Crippen molar-refractivity contribution in [2.45, 2.75) is 32.9 Å². The van der Waals surface area contributed by atoms with Crippen molar-refractivity contribution >= 4 is 39.3 Å². The number of aryl methyl sites for hydroxylation is 2. The van der Waals surface area contributed by atoms with E-state index in [9.17, 15) is 9.59 Å². The summed E-state index contributed by atoms with van der Waals surface area (Å²) in [4.78, 5) is 28.0. The van der Waals surface area contributed by atoms with Gasteiger partial charge < -0.3 is 15.0 Å². The van der Waals surface area contributed by atoms with Crippen LogP contribution in [0.4, 0.5) is 0 Å². The molecule has 2 amide bonds. The van der Waals surface area contributed by atoms with Gasteiger partial charge in [0.15, 0.2) is 6.61 Å². The Hall–Kier alpha value is -2.83. The summed E-state index contributed by atoms with van der Waals surface area (Å²) in [6.45, 7) is 3.92. The van der Waals surface area contributed by atoms with Crippen LogP contribution in [0.15, 0.2) is 71.2 Å². The van der Waals surface area contributed by atoms with Gasteiger partial charge in [-0.3, -0.25) is 9.59 Å². The quantitative estimate of drug-likeness (QED) is 0.389. The maximum absolute atomic E-state index is 13.5. The summed E-state index contributed by atoms with van der Waals surface area (Å²) in [5.74, 6) is 0.0473. The summed E-state index contributed by atoms with van der Waals surface area (Å²) in [5.41, 5.74) is 3.74. The van der Waals surface area contributed by atoms with Gasteiger partial charge in [0.2, 0.25) is 5.91 Å². The fourth-order valence-electron chi connectivity index (χ4n) is 3.75. The number of carbonyl (C=O) groups is 2. The Morgan fingerprint density at radius 2 is 1.65 bits per heavy atom. The summed E-state index contributed by atoms with van der Waals surface area (Å²) in [7, 11) is 1.57. The zero-order valence-corrected chi connectivity index (χ0v) is 21.8. The predicted molar refractivity (Wildman–Crippen MR) is 139 cm³/mol. The van der Waals surface area contributed by atoms with E-state index in [-0.39, 0.29) is 25.0 Å². The molecule has 0 aromatic heterocycles. The summed E-state index contributed by atoms with van der Waals surface area (Å²) in [6, 6.07) is 20.0. The number of nitrogens with zero attached hydrogens (tertiary/aromatic N) is 1. The average Bonchev–Trinajstić information content (AvgIpc) is 2.84. The molecule has 3 aromatic rings. The molecule has 0 saturated carbocycles. The van der Waals surface area contributed by atoms with Gasteiger partial charge in [-0.15, -0.1) is 0 Å². The molecule has 0 aliphatic carbocycles. The third-order valence-electron chi connectivity index (χ3n) is 5.59. The van der Waals surface area contributed by atoms with Gasteiger partial charge in [0.1, 0.15) is 11.8 Å². The van der Waals surface area contributed by atoms with Gasteiger partial charge in [-0.05, 0) is 54.3 Å². The number of ether oxygens (including phenoxy) is 1. The summed E-state index contributed by atoms with van der Waals surface area (Å²) in [6.07, 6.45) is 0.368. The first kappa shape index (κ1) is 25.8. The summed E-state index contributed by atoms with van der Waals surface area (Å²) < 4.78 is 6.88. The molecule has 0 heterocycles. The van der Waals surface area contributed by atoms with Crippen molar-refractivity contribution in [2.75, 3.05) is 13.7 Å². The molecule has 0 fully saturated rings. The van der Waals surface area contributed by atoms with Crippen molar-refractivity contribution in [3.63, 3.8) is 0 Å². The van der Waals surface area contributed by atoms with Gasteiger partial charge in [-0.1, -0.05) is 76.1 Å². The molecule has 0 spiro atoms. The van der Waals surface area contributed by atoms with Crippen LogP contribution in [-0.4, -0.2) is 36.4 Å². The van der Waals surface area contributed by atoms with Crippen LogP contribution in [0.1, 0.15) is 22.3 Å². The van der Waals surface area contributed by atoms with Crippen LogP contribution in [-0.2, 0) is 22.6 Å². The third kappa shape index (κ3) is 6.61. The molecular weight excluding hydrogens is 516 g/mol. The lowest BCUT2D eigenvalue weighted by Gasteiger charge is -2.31. The molecule has 178 valence electrons. The monoisotopic (exact) mass is 542 g/mol. The van der Waals surface area contributed by atoms with Crippen LogP contribution >= 0.6 is 27.5 Å². The number of amides is 2. The van der Waals surface area contributed by atoms with Gasteiger partial charge in [0.25, 0.3) is 5.91 Å². The van der Waals surface area contributed by atoms with Gasteiger partial charge in [0.05, 0.1) is 0 Å². The highest BCUT2D eigenvalue weighted by Crippen LogP contribution is 2.27. The van der Waals surface area contributed by atoms with E-state index < -0.39 is 6.04 Å². The second-order valence-electron chi connectivity index (χ2n) is 8.09. The molecule has 0 aliphatic heterocycles. The Labute approximate surface area is 214 Å². The van der Waals surface area contributed by atoms with E-state index in [0.717, 1.165) is 26.7 Å². The van der Waals surface area contributed by atoms with E-state index in [1.54, 1.807) is 18.0 Å². The predicted octanol–water partition coefficient (Wildman–Crippen LogP) is 5.48.